The van der Waals surface area contributed by atoms with Crippen LogP contribution in [0.5, 0.6) is 0 Å². The number of aromatic nitrogens is 6. The summed E-state index contributed by atoms with van der Waals surface area (Å²) >= 11 is 0. The molecule has 5 rings (SSSR count). The van der Waals surface area contributed by atoms with Crippen LogP contribution in [0.4, 0.5) is 14.7 Å². The van der Waals surface area contributed by atoms with Gasteiger partial charge in [-0.15, -0.1) is 5.10 Å². The smallest absolute Gasteiger partial charge is 0.256 e. The highest BCUT2D eigenvalue weighted by molar-refractivity contribution is 5.82. The standard InChI is InChI=1S/C20H21F2N7O/c1-12-24-16-5-4-15(26-19(16)28(12)10-18(21)22)14-6-7-29-17(14)9-23-20(27-29)25-13-3-2-8-30-11-13/h4-7,9,13,18H,2-3,8,10-11H2,1H3,(H,25,27)/t13-/m1/s1. The fraction of sp³-hybridized carbons (Fsp3) is 0.400. The molecule has 4 aromatic rings. The van der Waals surface area contributed by atoms with E-state index in [4.69, 9.17) is 4.74 Å². The second-order valence-electron chi connectivity index (χ2n) is 7.40. The highest BCUT2D eigenvalue weighted by Gasteiger charge is 2.17. The van der Waals surface area contributed by atoms with Crippen LogP contribution in [-0.2, 0) is 11.3 Å². The molecule has 1 aliphatic heterocycles. The molecule has 0 amide bonds. The van der Waals surface area contributed by atoms with Gasteiger partial charge < -0.3 is 14.6 Å². The average molecular weight is 413 g/mol. The Bertz CT molecular complexity index is 1200. The number of hydrogen-bond acceptors (Lipinski definition) is 6. The van der Waals surface area contributed by atoms with Gasteiger partial charge in [0.1, 0.15) is 11.3 Å². The lowest BCUT2D eigenvalue weighted by atomic mass is 10.1. The van der Waals surface area contributed by atoms with Crippen LogP contribution in [0.1, 0.15) is 18.7 Å². The first-order valence-corrected chi connectivity index (χ1v) is 9.89. The first kappa shape index (κ1) is 18.9. The molecule has 10 heteroatoms. The summed E-state index contributed by atoms with van der Waals surface area (Å²) in [6.07, 6.45) is 3.14. The molecule has 0 bridgehead atoms. The number of hydrogen-bond donors (Lipinski definition) is 1. The van der Waals surface area contributed by atoms with E-state index in [0.29, 0.717) is 35.2 Å². The normalized spacial score (nSPS) is 17.3. The lowest BCUT2D eigenvalue weighted by Crippen LogP contribution is -2.30. The van der Waals surface area contributed by atoms with E-state index >= 15 is 0 Å². The maximum Gasteiger partial charge on any atom is 0.256 e. The van der Waals surface area contributed by atoms with Gasteiger partial charge in [0.05, 0.1) is 36.6 Å². The summed E-state index contributed by atoms with van der Waals surface area (Å²) in [6, 6.07) is 5.73. The molecule has 0 spiro atoms. The van der Waals surface area contributed by atoms with Crippen molar-refractivity contribution in [2.45, 2.75) is 38.8 Å². The van der Waals surface area contributed by atoms with Gasteiger partial charge in [-0.1, -0.05) is 0 Å². The summed E-state index contributed by atoms with van der Waals surface area (Å²) in [4.78, 5) is 13.4. The van der Waals surface area contributed by atoms with Crippen molar-refractivity contribution in [2.75, 3.05) is 18.5 Å². The predicted molar refractivity (Wildman–Crippen MR) is 108 cm³/mol. The minimum Gasteiger partial charge on any atom is -0.379 e. The monoisotopic (exact) mass is 413 g/mol. The zero-order valence-electron chi connectivity index (χ0n) is 16.4. The molecule has 1 fully saturated rings. The van der Waals surface area contributed by atoms with Gasteiger partial charge in [-0.05, 0) is 38.0 Å². The molecule has 1 saturated heterocycles. The molecule has 156 valence electrons. The largest absolute Gasteiger partial charge is 0.379 e. The van der Waals surface area contributed by atoms with E-state index < -0.39 is 13.0 Å². The van der Waals surface area contributed by atoms with Crippen LogP contribution in [0.2, 0.25) is 0 Å². The maximum absolute atomic E-state index is 13.0. The van der Waals surface area contributed by atoms with Gasteiger partial charge in [-0.25, -0.2) is 28.2 Å². The quantitative estimate of drug-likeness (QED) is 0.541. The number of halogens is 2. The number of anilines is 1. The molecular weight excluding hydrogens is 392 g/mol. The van der Waals surface area contributed by atoms with Crippen molar-refractivity contribution in [1.82, 2.24) is 29.1 Å². The summed E-state index contributed by atoms with van der Waals surface area (Å²) in [5, 5.41) is 7.84. The molecule has 0 radical (unpaired) electrons. The molecule has 5 heterocycles. The molecule has 4 aromatic heterocycles. The molecule has 1 N–H and O–H groups in total. The fourth-order valence-electron chi connectivity index (χ4n) is 3.84. The number of pyridine rings is 1. The van der Waals surface area contributed by atoms with Crippen LogP contribution in [0.3, 0.4) is 0 Å². The van der Waals surface area contributed by atoms with E-state index in [1.54, 1.807) is 23.7 Å². The minimum atomic E-state index is -2.48. The van der Waals surface area contributed by atoms with Gasteiger partial charge in [0.2, 0.25) is 5.95 Å². The lowest BCUT2D eigenvalue weighted by Gasteiger charge is -2.22. The van der Waals surface area contributed by atoms with Crippen molar-refractivity contribution in [3.05, 3.63) is 36.4 Å². The van der Waals surface area contributed by atoms with E-state index in [2.05, 4.69) is 25.4 Å². The van der Waals surface area contributed by atoms with Crippen molar-refractivity contribution in [2.24, 2.45) is 0 Å². The Morgan fingerprint density at radius 2 is 2.17 bits per heavy atom. The Morgan fingerprint density at radius 1 is 1.27 bits per heavy atom. The van der Waals surface area contributed by atoms with Gasteiger partial charge in [0.25, 0.3) is 6.43 Å². The van der Waals surface area contributed by atoms with Crippen LogP contribution in [-0.4, -0.2) is 54.8 Å². The Hall–Kier alpha value is -3.14. The van der Waals surface area contributed by atoms with E-state index in [1.807, 2.05) is 18.3 Å². The third-order valence-electron chi connectivity index (χ3n) is 5.29. The number of ether oxygens (including phenoxy) is 1. The van der Waals surface area contributed by atoms with E-state index in [1.165, 1.54) is 4.57 Å². The Balaban J connectivity index is 1.49. The minimum absolute atomic E-state index is 0.202. The first-order chi connectivity index (χ1) is 14.6. The molecule has 30 heavy (non-hydrogen) atoms. The van der Waals surface area contributed by atoms with Crippen LogP contribution < -0.4 is 5.32 Å². The van der Waals surface area contributed by atoms with E-state index in [-0.39, 0.29) is 6.04 Å². The summed E-state index contributed by atoms with van der Waals surface area (Å²) < 4.78 is 34.6. The zero-order chi connectivity index (χ0) is 20.7. The van der Waals surface area contributed by atoms with Gasteiger partial charge in [-0.2, -0.15) is 0 Å². The summed E-state index contributed by atoms with van der Waals surface area (Å²) in [5.41, 5.74) is 3.31. The molecule has 0 aliphatic carbocycles. The Morgan fingerprint density at radius 3 is 2.97 bits per heavy atom. The van der Waals surface area contributed by atoms with Crippen molar-refractivity contribution < 1.29 is 13.5 Å². The van der Waals surface area contributed by atoms with Gasteiger partial charge in [0, 0.05) is 18.4 Å². The van der Waals surface area contributed by atoms with Crippen molar-refractivity contribution in [3.63, 3.8) is 0 Å². The highest BCUT2D eigenvalue weighted by atomic mass is 19.3. The molecule has 1 atom stereocenters. The molecular formula is C20H21F2N7O. The topological polar surface area (TPSA) is 82.2 Å². The summed E-state index contributed by atoms with van der Waals surface area (Å²) in [6.45, 7) is 2.72. The SMILES string of the molecule is Cc1nc2ccc(-c3ccn4nc(N[C@@H]5CCCOC5)ncc34)nc2n1CC(F)F. The fourth-order valence-corrected chi connectivity index (χ4v) is 3.84. The number of nitrogens with one attached hydrogen (secondary N) is 1. The van der Waals surface area contributed by atoms with Crippen LogP contribution >= 0.6 is 0 Å². The average Bonchev–Trinajstić information content (AvgIpc) is 3.29. The van der Waals surface area contributed by atoms with Crippen molar-refractivity contribution in [3.8, 4) is 11.3 Å². The van der Waals surface area contributed by atoms with Gasteiger partial charge in [-0.3, -0.25) is 0 Å². The van der Waals surface area contributed by atoms with Crippen LogP contribution in [0, 0.1) is 6.92 Å². The highest BCUT2D eigenvalue weighted by Crippen LogP contribution is 2.26. The van der Waals surface area contributed by atoms with Gasteiger partial charge >= 0.3 is 0 Å². The van der Waals surface area contributed by atoms with E-state index in [0.717, 1.165) is 30.5 Å². The number of imidazole rings is 1. The van der Waals surface area contributed by atoms with Crippen molar-refractivity contribution in [1.29, 1.82) is 0 Å². The number of aryl methyl sites for hydroxylation is 1. The summed E-state index contributed by atoms with van der Waals surface area (Å²) in [5.74, 6) is 1.05. The maximum atomic E-state index is 13.0. The van der Waals surface area contributed by atoms with Crippen LogP contribution in [0.15, 0.2) is 30.6 Å². The first-order valence-electron chi connectivity index (χ1n) is 9.89. The molecule has 0 unspecified atom stereocenters. The molecule has 8 nitrogen and oxygen atoms in total. The number of fused-ring (bicyclic) bond motifs is 2. The third kappa shape index (κ3) is 3.47. The van der Waals surface area contributed by atoms with Crippen molar-refractivity contribution >= 4 is 22.6 Å². The second kappa shape index (κ2) is 7.60. The molecule has 0 saturated carbocycles. The number of alkyl halides is 2. The van der Waals surface area contributed by atoms with Crippen LogP contribution in [0.25, 0.3) is 27.9 Å². The molecule has 1 aliphatic rings. The Labute approximate surface area is 170 Å². The molecule has 0 aromatic carbocycles. The predicted octanol–water partition coefficient (Wildman–Crippen LogP) is 3.31. The second-order valence-corrected chi connectivity index (χ2v) is 7.40. The van der Waals surface area contributed by atoms with E-state index in [9.17, 15) is 8.78 Å². The number of nitrogens with zero attached hydrogens (tertiary/aromatic N) is 6. The van der Waals surface area contributed by atoms with Gasteiger partial charge in [0.15, 0.2) is 5.65 Å². The number of rotatable bonds is 5. The summed E-state index contributed by atoms with van der Waals surface area (Å²) in [7, 11) is 0. The Kier molecular flexibility index (Phi) is 4.78. The lowest BCUT2D eigenvalue weighted by molar-refractivity contribution is 0.0873. The third-order valence-corrected chi connectivity index (χ3v) is 5.29. The zero-order valence-corrected chi connectivity index (χ0v) is 16.4.